The van der Waals surface area contributed by atoms with E-state index in [1.807, 2.05) is 0 Å². The van der Waals surface area contributed by atoms with Gasteiger partial charge < -0.3 is 0 Å². The molecule has 6 aromatic carbocycles. The van der Waals surface area contributed by atoms with E-state index in [4.69, 9.17) is 17.2 Å². The number of hydrogen-bond donors (Lipinski definition) is 0. The van der Waals surface area contributed by atoms with Crippen LogP contribution in [0.15, 0.2) is 132 Å². The number of allylic oxidation sites excluding steroid dienone is 2. The van der Waals surface area contributed by atoms with Crippen molar-refractivity contribution in [1.29, 1.82) is 0 Å². The van der Waals surface area contributed by atoms with Crippen LogP contribution in [0.4, 0.5) is 0 Å². The molecule has 2 atom stereocenters. The molecule has 0 saturated heterocycles. The third-order valence-corrected chi connectivity index (χ3v) is 84.3. The number of fused-ring (bicyclic) bond motifs is 4. The number of benzene rings is 6. The molecule has 2 unspecified atom stereocenters. The van der Waals surface area contributed by atoms with Crippen LogP contribution in [0.2, 0.25) is 13.1 Å². The van der Waals surface area contributed by atoms with Gasteiger partial charge in [-0.05, 0) is 0 Å². The first-order chi connectivity index (χ1) is 23.3. The van der Waals surface area contributed by atoms with Gasteiger partial charge in [0.2, 0.25) is 0 Å². The minimum atomic E-state index is -5.00. The average molecular weight is 847 g/mol. The Kier molecular flexibility index (Phi) is 8.11. The van der Waals surface area contributed by atoms with Gasteiger partial charge >= 0.3 is 296 Å². The summed E-state index contributed by atoms with van der Waals surface area (Å²) < 4.78 is 0.193. The Hall–Kier alpha value is -3.01. The van der Waals surface area contributed by atoms with E-state index < -0.39 is 21.3 Å². The van der Waals surface area contributed by atoms with Crippen LogP contribution in [0, 0.1) is 0 Å². The summed E-state index contributed by atoms with van der Waals surface area (Å²) in [5.74, 6) is -1.64. The maximum atomic E-state index is 8.70. The average Bonchev–Trinajstić information content (AvgIpc) is 3.71. The molecule has 0 N–H and O–H groups in total. The Bertz CT molecular complexity index is 2150. The number of halogens is 2. The van der Waals surface area contributed by atoms with E-state index in [9.17, 15) is 0 Å². The quantitative estimate of drug-likeness (QED) is 0.140. The van der Waals surface area contributed by atoms with Crippen LogP contribution in [0.1, 0.15) is 56.3 Å². The summed E-state index contributed by atoms with van der Waals surface area (Å²) in [4.78, 5) is 0. The van der Waals surface area contributed by atoms with Gasteiger partial charge in [0.15, 0.2) is 0 Å². The maximum absolute atomic E-state index is 8.70. The van der Waals surface area contributed by atoms with Crippen LogP contribution in [-0.4, -0.2) is 5.98 Å². The van der Waals surface area contributed by atoms with Gasteiger partial charge in [-0.1, -0.05) is 0 Å². The molecule has 2 aliphatic rings. The molecule has 0 radical (unpaired) electrons. The Morgan fingerprint density at radius 2 is 0.875 bits per heavy atom. The summed E-state index contributed by atoms with van der Waals surface area (Å²) in [5, 5.41) is 5.09. The monoisotopic (exact) mass is 847 g/mol. The molecule has 8 rings (SSSR count). The summed E-state index contributed by atoms with van der Waals surface area (Å²) in [7, 11) is 17.4. The van der Waals surface area contributed by atoms with Crippen LogP contribution in [0.25, 0.3) is 56.0 Å². The molecular formula is C44H41Cl2HfSi. The van der Waals surface area contributed by atoms with Crippen LogP contribution in [0.3, 0.4) is 0 Å². The zero-order valence-electron chi connectivity index (χ0n) is 28.1. The van der Waals surface area contributed by atoms with Gasteiger partial charge in [-0.25, -0.2) is 0 Å². The summed E-state index contributed by atoms with van der Waals surface area (Å²) >= 11 is -5.00. The van der Waals surface area contributed by atoms with Crippen molar-refractivity contribution >= 4 is 56.8 Å². The third-order valence-electron chi connectivity index (χ3n) is 11.5. The molecule has 0 spiro atoms. The van der Waals surface area contributed by atoms with Gasteiger partial charge in [0.25, 0.3) is 0 Å². The van der Waals surface area contributed by atoms with Gasteiger partial charge in [0.05, 0.1) is 0 Å². The fourth-order valence-corrected chi connectivity index (χ4v) is 54.1. The van der Waals surface area contributed by atoms with Crippen LogP contribution < -0.4 is 0 Å². The molecule has 0 saturated carbocycles. The summed E-state index contributed by atoms with van der Waals surface area (Å²) in [5.41, 5.74) is 13.3. The second-order valence-corrected chi connectivity index (χ2v) is 73.3. The fourth-order valence-electron chi connectivity index (χ4n) is 9.07. The van der Waals surface area contributed by atoms with E-state index in [1.54, 1.807) is 0 Å². The zero-order chi connectivity index (χ0) is 33.2. The zero-order valence-corrected chi connectivity index (χ0v) is 34.4. The fraction of sp³-hybridized carbons (Fsp3) is 0.182. The van der Waals surface area contributed by atoms with Crippen molar-refractivity contribution in [3.63, 3.8) is 0 Å². The molecule has 6 aromatic rings. The number of hydrogen-bond acceptors (Lipinski definition) is 0. The second kappa shape index (κ2) is 12.1. The summed E-state index contributed by atoms with van der Waals surface area (Å²) in [6, 6.07) is 44.6. The van der Waals surface area contributed by atoms with Crippen molar-refractivity contribution in [1.82, 2.24) is 0 Å². The molecule has 239 valence electrons. The molecule has 0 aromatic heterocycles. The van der Waals surface area contributed by atoms with Gasteiger partial charge in [0, 0.05) is 0 Å². The molecular weight excluding hydrogens is 806 g/mol. The Morgan fingerprint density at radius 3 is 1.29 bits per heavy atom. The first-order valence-corrected chi connectivity index (χ1v) is 39.6. The standard InChI is InChI=1S/2C21H17.C2H7Si.2ClH.Hf/c2*1-2-15-13-17-9-6-12-20(21(17)14-15)19-11-5-8-16-7-3-4-10-18(16)19;1-3-2;;;/h2*3-14H,2H2,1H3;3H,1-2H3;2*1H;/q;;;;;+2/p-2. The van der Waals surface area contributed by atoms with Crippen LogP contribution in [-0.2, 0) is 15.3 Å². The predicted octanol–water partition coefficient (Wildman–Crippen LogP) is 13.7. The van der Waals surface area contributed by atoms with Crippen molar-refractivity contribution < 1.29 is 15.3 Å². The molecule has 0 nitrogen and oxygen atoms in total. The molecule has 0 bridgehead atoms. The second-order valence-electron chi connectivity index (χ2n) is 14.1. The van der Waals surface area contributed by atoms with Crippen molar-refractivity contribution in [2.45, 2.75) is 47.1 Å². The number of rotatable bonds is 7. The van der Waals surface area contributed by atoms with Gasteiger partial charge in [-0.2, -0.15) is 0 Å². The van der Waals surface area contributed by atoms with E-state index in [-0.39, 0.29) is 7.35 Å². The minimum absolute atomic E-state index is 0.0963. The topological polar surface area (TPSA) is 0 Å². The molecule has 2 aliphatic carbocycles. The van der Waals surface area contributed by atoms with E-state index in [0.717, 1.165) is 12.8 Å². The van der Waals surface area contributed by atoms with E-state index in [0.29, 0.717) is 0 Å². The normalized spacial score (nSPS) is 18.0. The molecule has 4 heteroatoms. The van der Waals surface area contributed by atoms with Gasteiger partial charge in [0.1, 0.15) is 0 Å². The van der Waals surface area contributed by atoms with E-state index in [1.165, 1.54) is 77.2 Å². The van der Waals surface area contributed by atoms with Crippen molar-refractivity contribution in [2.24, 2.45) is 0 Å². The summed E-state index contributed by atoms with van der Waals surface area (Å²) in [6.45, 7) is 9.50. The van der Waals surface area contributed by atoms with Crippen molar-refractivity contribution in [3.8, 4) is 22.3 Å². The molecule has 0 aliphatic heterocycles. The summed E-state index contributed by atoms with van der Waals surface area (Å²) in [6.07, 6.45) is 6.85. The third kappa shape index (κ3) is 4.70. The predicted molar refractivity (Wildman–Crippen MR) is 211 cm³/mol. The molecule has 0 heterocycles. The Labute approximate surface area is 294 Å². The molecule has 0 amide bonds. The Morgan fingerprint density at radius 1 is 0.500 bits per heavy atom. The molecule has 48 heavy (non-hydrogen) atoms. The van der Waals surface area contributed by atoms with Gasteiger partial charge in [-0.15, -0.1) is 0 Å². The first-order valence-electron chi connectivity index (χ1n) is 17.5. The van der Waals surface area contributed by atoms with Crippen molar-refractivity contribution in [3.05, 3.63) is 155 Å². The van der Waals surface area contributed by atoms with Crippen molar-refractivity contribution in [2.75, 3.05) is 0 Å². The van der Waals surface area contributed by atoms with Crippen LogP contribution >= 0.6 is 17.2 Å². The van der Waals surface area contributed by atoms with E-state index >= 15 is 0 Å². The van der Waals surface area contributed by atoms with Crippen LogP contribution in [0.5, 0.6) is 0 Å². The van der Waals surface area contributed by atoms with E-state index in [2.05, 4.69) is 160 Å². The van der Waals surface area contributed by atoms with Gasteiger partial charge in [-0.3, -0.25) is 0 Å². The first kappa shape index (κ1) is 32.2. The Balaban J connectivity index is 1.35. The molecule has 0 fully saturated rings. The SMILES string of the molecule is CCC1=Cc2c(-c3cccc4ccccc34)cccc2[CH]1[Hf]([Cl])([Cl])([CH]1C(CC)=Cc2c(-c3cccc4ccccc34)cccc21)[SiH](C)C.